The minimum Gasteiger partial charge on any atom is -0.322 e. The monoisotopic (exact) mass is 562 g/mol. The molecule has 0 fully saturated rings. The number of amides is 1. The lowest BCUT2D eigenvalue weighted by Crippen LogP contribution is -2.50. The van der Waals surface area contributed by atoms with Crippen LogP contribution in [-0.2, 0) is 22.1 Å². The topological polar surface area (TPSA) is 75.3 Å². The molecule has 0 radical (unpaired) electrons. The molecular weight excluding hydrogens is 541 g/mol. The molecule has 0 aliphatic carbocycles. The predicted molar refractivity (Wildman–Crippen MR) is 121 cm³/mol. The van der Waals surface area contributed by atoms with Crippen molar-refractivity contribution in [2.75, 3.05) is 17.3 Å². The molecule has 0 saturated heterocycles. The van der Waals surface area contributed by atoms with Crippen LogP contribution < -0.4 is 10.6 Å². The van der Waals surface area contributed by atoms with Crippen LogP contribution >= 0.6 is 11.6 Å². The van der Waals surface area contributed by atoms with Gasteiger partial charge in [0.15, 0.2) is 0 Å². The standard InChI is InChI=1S/C22H22ClF7N2O3S/c1-12-9-14(20(24,21(25,26)27)22(28,29)30)7-8-18(12)32-19(33)15-5-4-6-17(23)16(15)10-31-13(2)11-36(3,34)35/h4-9,13,31H,10-11H2,1-3H3,(H,32,33). The number of carbonyl (C=O) groups is 1. The Labute approximate surface area is 207 Å². The van der Waals surface area contributed by atoms with E-state index in [9.17, 15) is 43.9 Å². The second-order valence-corrected chi connectivity index (χ2v) is 10.9. The van der Waals surface area contributed by atoms with Gasteiger partial charge in [-0.1, -0.05) is 29.8 Å². The van der Waals surface area contributed by atoms with Crippen molar-refractivity contribution in [2.24, 2.45) is 0 Å². The maximum Gasteiger partial charge on any atom is 0.435 e. The fourth-order valence-electron chi connectivity index (χ4n) is 3.44. The van der Waals surface area contributed by atoms with E-state index in [4.69, 9.17) is 11.6 Å². The summed E-state index contributed by atoms with van der Waals surface area (Å²) >= 11 is 6.19. The summed E-state index contributed by atoms with van der Waals surface area (Å²) in [5, 5.41) is 5.45. The fourth-order valence-corrected chi connectivity index (χ4v) is 4.70. The van der Waals surface area contributed by atoms with E-state index in [-0.39, 0.29) is 39.7 Å². The molecule has 1 unspecified atom stereocenters. The lowest BCUT2D eigenvalue weighted by atomic mass is 9.92. The van der Waals surface area contributed by atoms with E-state index >= 15 is 0 Å². The van der Waals surface area contributed by atoms with Gasteiger partial charge in [-0.05, 0) is 43.2 Å². The Hall–Kier alpha value is -2.38. The van der Waals surface area contributed by atoms with Crippen LogP contribution in [0.1, 0.15) is 34.0 Å². The van der Waals surface area contributed by atoms with Gasteiger partial charge < -0.3 is 10.6 Å². The molecule has 2 aromatic carbocycles. The summed E-state index contributed by atoms with van der Waals surface area (Å²) in [6.07, 6.45) is -11.5. The van der Waals surface area contributed by atoms with Crippen LogP contribution in [0.15, 0.2) is 36.4 Å². The number of sulfone groups is 1. The second kappa shape index (κ2) is 10.5. The largest absolute Gasteiger partial charge is 0.435 e. The molecule has 2 aromatic rings. The van der Waals surface area contributed by atoms with Crippen LogP contribution in [0.4, 0.5) is 36.4 Å². The summed E-state index contributed by atoms with van der Waals surface area (Å²) in [6.45, 7) is 2.70. The SMILES string of the molecule is Cc1cc(C(F)(C(F)(F)F)C(F)(F)F)ccc1NC(=O)c1cccc(Cl)c1CNC(C)CS(C)(=O)=O. The van der Waals surface area contributed by atoms with E-state index in [0.29, 0.717) is 12.1 Å². The Morgan fingerprint density at radius 2 is 1.61 bits per heavy atom. The average molecular weight is 563 g/mol. The first-order chi connectivity index (χ1) is 16.3. The van der Waals surface area contributed by atoms with E-state index in [1.165, 1.54) is 18.2 Å². The normalized spacial score (nSPS) is 14.0. The predicted octanol–water partition coefficient (Wildman–Crippen LogP) is 5.71. The molecule has 14 heteroatoms. The van der Waals surface area contributed by atoms with Crippen LogP contribution in [0.2, 0.25) is 5.02 Å². The van der Waals surface area contributed by atoms with Crippen molar-refractivity contribution in [3.8, 4) is 0 Å². The average Bonchev–Trinajstić information content (AvgIpc) is 2.70. The van der Waals surface area contributed by atoms with Gasteiger partial charge in [-0.25, -0.2) is 12.8 Å². The zero-order chi connectivity index (χ0) is 27.7. The zero-order valence-electron chi connectivity index (χ0n) is 19.1. The van der Waals surface area contributed by atoms with Crippen molar-refractivity contribution >= 4 is 33.0 Å². The molecule has 36 heavy (non-hydrogen) atoms. The number of halogens is 8. The van der Waals surface area contributed by atoms with E-state index < -0.39 is 45.4 Å². The molecule has 2 rings (SSSR count). The number of alkyl halides is 7. The number of benzene rings is 2. The Balaban J connectivity index is 2.33. The quantitative estimate of drug-likeness (QED) is 0.404. The first-order valence-corrected chi connectivity index (χ1v) is 12.6. The van der Waals surface area contributed by atoms with E-state index in [2.05, 4.69) is 10.6 Å². The molecule has 0 aliphatic rings. The van der Waals surface area contributed by atoms with Crippen molar-refractivity contribution in [1.82, 2.24) is 5.32 Å². The van der Waals surface area contributed by atoms with Crippen LogP contribution in [0.5, 0.6) is 0 Å². The number of carbonyl (C=O) groups excluding carboxylic acids is 1. The van der Waals surface area contributed by atoms with Gasteiger partial charge in [0, 0.05) is 40.7 Å². The number of hydrogen-bond donors (Lipinski definition) is 2. The first-order valence-electron chi connectivity index (χ1n) is 10.2. The van der Waals surface area contributed by atoms with Gasteiger partial charge in [-0.2, -0.15) is 26.3 Å². The van der Waals surface area contributed by atoms with E-state index in [1.807, 2.05) is 0 Å². The van der Waals surface area contributed by atoms with Gasteiger partial charge in [0.05, 0.1) is 5.75 Å². The van der Waals surface area contributed by atoms with Gasteiger partial charge >= 0.3 is 18.0 Å². The minimum absolute atomic E-state index is 0.0153. The van der Waals surface area contributed by atoms with Gasteiger partial charge in [0.2, 0.25) is 0 Å². The molecule has 5 nitrogen and oxygen atoms in total. The van der Waals surface area contributed by atoms with Crippen molar-refractivity contribution < 1.29 is 43.9 Å². The second-order valence-electron chi connectivity index (χ2n) is 8.28. The molecule has 2 N–H and O–H groups in total. The van der Waals surface area contributed by atoms with Gasteiger partial charge in [-0.3, -0.25) is 4.79 Å². The van der Waals surface area contributed by atoms with Gasteiger partial charge in [0.1, 0.15) is 9.84 Å². The highest BCUT2D eigenvalue weighted by atomic mass is 35.5. The maximum absolute atomic E-state index is 14.3. The number of aryl methyl sites for hydroxylation is 1. The number of anilines is 1. The molecule has 0 saturated carbocycles. The molecular formula is C22H22ClF7N2O3S. The number of nitrogens with one attached hydrogen (secondary N) is 2. The number of rotatable bonds is 8. The van der Waals surface area contributed by atoms with Crippen molar-refractivity contribution in [3.05, 3.63) is 63.7 Å². The third kappa shape index (κ3) is 6.68. The highest BCUT2D eigenvalue weighted by molar-refractivity contribution is 7.90. The summed E-state index contributed by atoms with van der Waals surface area (Å²) in [5.41, 5.74) is -7.37. The zero-order valence-corrected chi connectivity index (χ0v) is 20.7. The summed E-state index contributed by atoms with van der Waals surface area (Å²) in [6, 6.07) is 5.21. The maximum atomic E-state index is 14.3. The van der Waals surface area contributed by atoms with Crippen molar-refractivity contribution in [2.45, 2.75) is 44.5 Å². The summed E-state index contributed by atoms with van der Waals surface area (Å²) in [5.74, 6) is -0.977. The van der Waals surface area contributed by atoms with Crippen LogP contribution in [-0.4, -0.2) is 44.7 Å². The molecule has 0 aliphatic heterocycles. The highest BCUT2D eigenvalue weighted by Gasteiger charge is 2.73. The number of hydrogen-bond acceptors (Lipinski definition) is 4. The minimum atomic E-state index is -6.26. The van der Waals surface area contributed by atoms with Crippen LogP contribution in [0.3, 0.4) is 0 Å². The summed E-state index contributed by atoms with van der Waals surface area (Å²) in [4.78, 5) is 12.9. The fraction of sp³-hybridized carbons (Fsp3) is 0.409. The molecule has 0 aromatic heterocycles. The molecule has 0 spiro atoms. The van der Waals surface area contributed by atoms with Gasteiger partial charge in [-0.15, -0.1) is 0 Å². The molecule has 1 amide bonds. The Morgan fingerprint density at radius 3 is 2.11 bits per heavy atom. The van der Waals surface area contributed by atoms with E-state index in [0.717, 1.165) is 19.2 Å². The Bertz CT molecular complexity index is 1220. The van der Waals surface area contributed by atoms with Gasteiger partial charge in [0.25, 0.3) is 5.91 Å². The Kier molecular flexibility index (Phi) is 8.74. The summed E-state index contributed by atoms with van der Waals surface area (Å²) < 4.78 is 115. The lowest BCUT2D eigenvalue weighted by molar-refractivity contribution is -0.348. The summed E-state index contributed by atoms with van der Waals surface area (Å²) in [7, 11) is -3.28. The van der Waals surface area contributed by atoms with Crippen LogP contribution in [0, 0.1) is 6.92 Å². The van der Waals surface area contributed by atoms with E-state index in [1.54, 1.807) is 6.92 Å². The molecule has 1 atom stereocenters. The third-order valence-corrected chi connectivity index (χ3v) is 6.66. The first kappa shape index (κ1) is 29.8. The Morgan fingerprint density at radius 1 is 1.03 bits per heavy atom. The van der Waals surface area contributed by atoms with Crippen LogP contribution in [0.25, 0.3) is 0 Å². The lowest BCUT2D eigenvalue weighted by Gasteiger charge is -2.30. The highest BCUT2D eigenvalue weighted by Crippen LogP contribution is 2.53. The smallest absolute Gasteiger partial charge is 0.322 e. The van der Waals surface area contributed by atoms with Crippen molar-refractivity contribution in [3.63, 3.8) is 0 Å². The van der Waals surface area contributed by atoms with Crippen molar-refractivity contribution in [1.29, 1.82) is 0 Å². The third-order valence-electron chi connectivity index (χ3n) is 5.20. The molecule has 0 bridgehead atoms. The molecule has 0 heterocycles. The molecule has 200 valence electrons.